The van der Waals surface area contributed by atoms with Gasteiger partial charge in [-0.3, -0.25) is 18.7 Å². The summed E-state index contributed by atoms with van der Waals surface area (Å²) in [6, 6.07) is -2.86. The number of H-pyrrole nitrogens is 1. The molecule has 6 N–H and O–H groups in total. The molecule has 3 rings (SSSR count). The van der Waals surface area contributed by atoms with Crippen LogP contribution in [0.3, 0.4) is 0 Å². The van der Waals surface area contributed by atoms with E-state index in [0.29, 0.717) is 0 Å². The van der Waals surface area contributed by atoms with E-state index in [2.05, 4.69) is 20.4 Å². The van der Waals surface area contributed by atoms with E-state index in [1.54, 1.807) is 0 Å². The number of oxime groups is 1. The summed E-state index contributed by atoms with van der Waals surface area (Å²) < 4.78 is 33.8. The van der Waals surface area contributed by atoms with Gasteiger partial charge in [-0.05, 0) is 13.8 Å². The Bertz CT molecular complexity index is 1320. The Morgan fingerprint density at radius 3 is 2.59 bits per heavy atom. The maximum atomic E-state index is 13.0. The Kier molecular flexibility index (Phi) is 6.49. The van der Waals surface area contributed by atoms with Gasteiger partial charge in [-0.1, -0.05) is 5.16 Å². The van der Waals surface area contributed by atoms with Crippen LogP contribution in [0.4, 0.5) is 5.13 Å². The largest absolute Gasteiger partial charge is 0.478 e. The molecule has 16 nitrogen and oxygen atoms in total. The Labute approximate surface area is 194 Å². The van der Waals surface area contributed by atoms with Gasteiger partial charge >= 0.3 is 22.0 Å². The third kappa shape index (κ3) is 4.92. The molecule has 18 heteroatoms. The minimum atomic E-state index is -5.00. The summed E-state index contributed by atoms with van der Waals surface area (Å²) in [7, 11) is -5.00. The number of carboxylic acid groups (broad SMARTS) is 1. The van der Waals surface area contributed by atoms with E-state index in [1.165, 1.54) is 31.6 Å². The number of imidazole rings is 1. The summed E-state index contributed by atoms with van der Waals surface area (Å²) >= 11 is 0.943. The van der Waals surface area contributed by atoms with Crippen molar-refractivity contribution in [2.75, 3.05) is 5.73 Å². The number of nitrogens with one attached hydrogen (secondary N) is 2. The second kappa shape index (κ2) is 8.88. The monoisotopic (exact) mass is 517 g/mol. The van der Waals surface area contributed by atoms with Crippen molar-refractivity contribution >= 4 is 50.3 Å². The number of hydrogen-bond acceptors (Lipinski definition) is 11. The van der Waals surface area contributed by atoms with Crippen molar-refractivity contribution in [1.82, 2.24) is 24.2 Å². The molecule has 0 aromatic carbocycles. The van der Waals surface area contributed by atoms with Crippen LogP contribution in [-0.2, 0) is 36.1 Å². The molecule has 2 unspecified atom stereocenters. The van der Waals surface area contributed by atoms with E-state index in [-0.39, 0.29) is 15.1 Å². The van der Waals surface area contributed by atoms with E-state index in [0.717, 1.165) is 15.9 Å². The molecule has 1 aliphatic heterocycles. The molecule has 0 spiro atoms. The van der Waals surface area contributed by atoms with Gasteiger partial charge in [-0.2, -0.15) is 8.42 Å². The highest BCUT2D eigenvalue weighted by molar-refractivity contribution is 7.84. The van der Waals surface area contributed by atoms with Gasteiger partial charge in [0.2, 0.25) is 5.60 Å². The highest BCUT2D eigenvalue weighted by Gasteiger charge is 2.54. The highest BCUT2D eigenvalue weighted by Crippen LogP contribution is 2.25. The van der Waals surface area contributed by atoms with Gasteiger partial charge in [0.25, 0.3) is 11.8 Å². The fraction of sp³-hybridized carbons (Fsp3) is 0.375. The minimum absolute atomic E-state index is 0.0509. The molecule has 184 valence electrons. The summed E-state index contributed by atoms with van der Waals surface area (Å²) in [6.07, 6.45) is 2.55. The highest BCUT2D eigenvalue weighted by atomic mass is 32.2. The lowest BCUT2D eigenvalue weighted by molar-refractivity contribution is -0.161. The van der Waals surface area contributed by atoms with E-state index in [9.17, 15) is 37.3 Å². The van der Waals surface area contributed by atoms with Crippen molar-refractivity contribution in [3.05, 3.63) is 34.0 Å². The standard InChI is InChI=1S/C16H19N7O9S2/c1-16(2,13(26)27)32-21-9(7-6-33-14(17)19-7)11(24)20-10-8(5-22-4-3-18-15(22)28)23(12(10)25)34(29,30)31/h3-4,6,8,10H,5H2,1-2H3,(H2,17,19)(H,18,28)(H,20,24)(H,26,27)(H,29,30,31)/b21-9-. The number of nitrogens with zero attached hydrogens (tertiary/aromatic N) is 4. The van der Waals surface area contributed by atoms with Gasteiger partial charge in [0.1, 0.15) is 11.7 Å². The first-order valence-corrected chi connectivity index (χ1v) is 11.6. The second-order valence-electron chi connectivity index (χ2n) is 7.47. The van der Waals surface area contributed by atoms with E-state index in [1.807, 2.05) is 0 Å². The average molecular weight is 518 g/mol. The summed E-state index contributed by atoms with van der Waals surface area (Å²) in [5.74, 6) is -3.64. The molecule has 2 amide bonds. The summed E-state index contributed by atoms with van der Waals surface area (Å²) in [6.45, 7) is 1.96. The van der Waals surface area contributed by atoms with Crippen LogP contribution in [0.15, 0.2) is 27.7 Å². The Morgan fingerprint density at radius 1 is 1.41 bits per heavy atom. The zero-order valence-electron chi connectivity index (χ0n) is 17.5. The number of aromatic nitrogens is 3. The Balaban J connectivity index is 1.90. The zero-order valence-corrected chi connectivity index (χ0v) is 19.2. The predicted octanol–water partition coefficient (Wildman–Crippen LogP) is -2.00. The van der Waals surface area contributed by atoms with Crippen LogP contribution < -0.4 is 16.7 Å². The van der Waals surface area contributed by atoms with E-state index in [4.69, 9.17) is 10.6 Å². The Hall–Kier alpha value is -3.77. The number of rotatable bonds is 9. The van der Waals surface area contributed by atoms with Crippen LogP contribution in [0.5, 0.6) is 0 Å². The molecule has 0 bridgehead atoms. The average Bonchev–Trinajstić information content (AvgIpc) is 3.32. The van der Waals surface area contributed by atoms with E-state index >= 15 is 0 Å². The van der Waals surface area contributed by atoms with Crippen LogP contribution in [0, 0.1) is 0 Å². The molecule has 2 aromatic rings. The van der Waals surface area contributed by atoms with Crippen molar-refractivity contribution in [2.45, 2.75) is 38.1 Å². The number of carbonyl (C=O) groups excluding carboxylic acids is 2. The third-order valence-electron chi connectivity index (χ3n) is 4.67. The quantitative estimate of drug-likeness (QED) is 0.105. The lowest BCUT2D eigenvalue weighted by Crippen LogP contribution is -2.73. The fourth-order valence-electron chi connectivity index (χ4n) is 2.84. The third-order valence-corrected chi connectivity index (χ3v) is 6.29. The van der Waals surface area contributed by atoms with Crippen LogP contribution in [0.25, 0.3) is 0 Å². The minimum Gasteiger partial charge on any atom is -0.478 e. The van der Waals surface area contributed by atoms with Gasteiger partial charge in [0, 0.05) is 17.8 Å². The number of β-lactam (4-membered cyclic amide) rings is 1. The van der Waals surface area contributed by atoms with Crippen molar-refractivity contribution in [3.63, 3.8) is 0 Å². The van der Waals surface area contributed by atoms with Crippen molar-refractivity contribution in [2.24, 2.45) is 5.16 Å². The van der Waals surface area contributed by atoms with Crippen LogP contribution in [-0.4, -0.2) is 78.1 Å². The number of nitrogen functional groups attached to an aromatic ring is 1. The molecule has 2 atom stereocenters. The van der Waals surface area contributed by atoms with Gasteiger partial charge in [0.05, 0.1) is 12.6 Å². The normalized spacial score (nSPS) is 19.0. The molecule has 1 fully saturated rings. The molecular weight excluding hydrogens is 498 g/mol. The topological polar surface area (TPSA) is 239 Å². The number of hydrogen-bond donors (Lipinski definition) is 5. The summed E-state index contributed by atoms with van der Waals surface area (Å²) in [5.41, 5.74) is 2.48. The molecule has 1 aliphatic rings. The zero-order chi connectivity index (χ0) is 25.4. The maximum Gasteiger partial charge on any atom is 0.362 e. The van der Waals surface area contributed by atoms with Crippen molar-refractivity contribution in [1.29, 1.82) is 0 Å². The van der Waals surface area contributed by atoms with Crippen LogP contribution in [0.2, 0.25) is 0 Å². The molecule has 0 saturated carbocycles. The first-order chi connectivity index (χ1) is 15.7. The fourth-order valence-corrected chi connectivity index (χ4v) is 4.26. The van der Waals surface area contributed by atoms with Crippen molar-refractivity contribution < 1.29 is 37.3 Å². The number of thiazole rings is 1. The number of amides is 2. The molecule has 1 saturated heterocycles. The number of nitrogens with two attached hydrogens (primary N) is 1. The lowest BCUT2D eigenvalue weighted by Gasteiger charge is -2.44. The SMILES string of the molecule is CC(C)(O/N=C(\C(=O)NC1C(=O)N(S(=O)(=O)O)C1Cn1cc[nH]c1=O)c1csc(N)n1)C(=O)O. The number of carboxylic acids is 1. The second-order valence-corrected chi connectivity index (χ2v) is 9.64. The molecule has 2 aromatic heterocycles. The van der Waals surface area contributed by atoms with Gasteiger partial charge in [-0.25, -0.2) is 18.9 Å². The summed E-state index contributed by atoms with van der Waals surface area (Å²) in [4.78, 5) is 59.7. The maximum absolute atomic E-state index is 13.0. The van der Waals surface area contributed by atoms with Crippen LogP contribution in [0.1, 0.15) is 19.5 Å². The summed E-state index contributed by atoms with van der Waals surface area (Å²) in [5, 5.41) is 16.4. The molecular formula is C16H19N7O9S2. The van der Waals surface area contributed by atoms with Gasteiger partial charge < -0.3 is 26.0 Å². The van der Waals surface area contributed by atoms with Gasteiger partial charge in [-0.15, -0.1) is 11.3 Å². The smallest absolute Gasteiger partial charge is 0.362 e. The number of carbonyl (C=O) groups is 3. The van der Waals surface area contributed by atoms with Gasteiger partial charge in [0.15, 0.2) is 10.8 Å². The first-order valence-electron chi connectivity index (χ1n) is 9.28. The molecule has 0 aliphatic carbocycles. The first kappa shape index (κ1) is 24.9. The predicted molar refractivity (Wildman–Crippen MR) is 115 cm³/mol. The molecule has 3 heterocycles. The molecule has 0 radical (unpaired) electrons. The lowest BCUT2D eigenvalue weighted by atomic mass is 9.98. The molecule has 34 heavy (non-hydrogen) atoms. The number of anilines is 1. The van der Waals surface area contributed by atoms with Crippen LogP contribution >= 0.6 is 11.3 Å². The van der Waals surface area contributed by atoms with Crippen molar-refractivity contribution in [3.8, 4) is 0 Å². The number of aromatic amines is 1. The Morgan fingerprint density at radius 2 is 2.09 bits per heavy atom. The number of aliphatic carboxylic acids is 1. The van der Waals surface area contributed by atoms with E-state index < -0.39 is 63.7 Å².